The highest BCUT2D eigenvalue weighted by atomic mass is 31.2. The van der Waals surface area contributed by atoms with Crippen LogP contribution in [0.1, 0.15) is 147 Å². The largest absolute Gasteiger partial charge is 0.524 e. The zero-order valence-electron chi connectivity index (χ0n) is 70.7. The summed E-state index contributed by atoms with van der Waals surface area (Å²) < 4.78 is 56.2. The first-order chi connectivity index (χ1) is 61.1. The molecule has 8 aromatic carbocycles. The number of anilines is 4. The number of phosphoric ester groups is 3. The first kappa shape index (κ1) is 92.8. The Labute approximate surface area is 733 Å². The van der Waals surface area contributed by atoms with E-state index in [2.05, 4.69) is 56.7 Å². The predicted molar refractivity (Wildman–Crippen MR) is 492 cm³/mol. The van der Waals surface area contributed by atoms with Gasteiger partial charge in [0.05, 0.1) is 70.3 Å². The lowest BCUT2D eigenvalue weighted by atomic mass is 10.1. The summed E-state index contributed by atoms with van der Waals surface area (Å²) in [6.07, 6.45) is 10.4. The molecule has 40 heteroatoms. The van der Waals surface area contributed by atoms with Crippen LogP contribution in [-0.4, -0.2) is 113 Å². The van der Waals surface area contributed by atoms with E-state index in [1.807, 2.05) is 86.5 Å². The Morgan fingerprint density at radius 1 is 0.336 bits per heavy atom. The number of phenols is 5. The van der Waals surface area contributed by atoms with Crippen LogP contribution in [0.25, 0.3) is 87.7 Å². The SMILES string of the molecule is CCCCc1nc2c(N)nc3cc(CN)ccc3c2n1Cc1cc(O)ccc1O.CCCCc1nc2c(N)nc3cc(CN)ccc3c2n1Cc1cc(OP(=O)(O)O)ccc1O.CCCCc1nc2c(N)nc3cc(CN)ccc3c2n1Cc1cccc(O)c1OP(=O)(O)O.CCCCc1nc2c(N)nc3cc(CN)ccc3c2n1Cc1cccc(OP(=O)(O)O)c1O. The van der Waals surface area contributed by atoms with Crippen LogP contribution in [0.2, 0.25) is 0 Å². The lowest BCUT2D eigenvalue weighted by molar-refractivity contribution is 0.275. The molecule has 0 aliphatic rings. The van der Waals surface area contributed by atoms with Gasteiger partial charge in [0, 0.05) is 95.7 Å². The average Bonchev–Trinajstić information content (AvgIpc) is 1.61. The van der Waals surface area contributed by atoms with Gasteiger partial charge < -0.3 is 103 Å². The van der Waals surface area contributed by atoms with Crippen molar-refractivity contribution < 1.29 is 82.2 Å². The van der Waals surface area contributed by atoms with Crippen LogP contribution in [0.3, 0.4) is 0 Å². The van der Waals surface area contributed by atoms with Crippen molar-refractivity contribution in [3.8, 4) is 46.0 Å². The number of aromatic hydroxyl groups is 5. The molecule has 0 saturated heterocycles. The van der Waals surface area contributed by atoms with Gasteiger partial charge in [-0.25, -0.2) is 53.6 Å². The molecule has 0 aliphatic carbocycles. The fourth-order valence-corrected chi connectivity index (χ4v) is 16.6. The van der Waals surface area contributed by atoms with E-state index in [1.165, 1.54) is 42.5 Å². The predicted octanol–water partition coefficient (Wildman–Crippen LogP) is 13.0. The number of fused-ring (bicyclic) bond motifs is 12. The van der Waals surface area contributed by atoms with E-state index in [1.54, 1.807) is 30.3 Å². The molecule has 0 amide bonds. The molecule has 27 N–H and O–H groups in total. The number of pyridine rings is 4. The van der Waals surface area contributed by atoms with E-state index in [-0.39, 0.29) is 71.4 Å². The number of para-hydroxylation sites is 2. The van der Waals surface area contributed by atoms with Crippen LogP contribution in [0.15, 0.2) is 146 Å². The van der Waals surface area contributed by atoms with Crippen LogP contribution in [0.5, 0.6) is 46.0 Å². The Bertz CT molecular complexity index is 6850. The fraction of sp³-hybridized carbons (Fsp3) is 0.273. The number of nitrogens with two attached hydrogens (primary N) is 8. The molecular weight excluding hydrogens is 1700 g/mol. The number of benzene rings is 8. The molecular formula is C88H103N20O17P3. The third kappa shape index (κ3) is 21.0. The van der Waals surface area contributed by atoms with E-state index in [4.69, 9.17) is 94.4 Å². The average molecular weight is 1810 g/mol. The van der Waals surface area contributed by atoms with Crippen LogP contribution in [-0.2, 0) is 91.7 Å². The third-order valence-corrected chi connectivity index (χ3v) is 22.9. The van der Waals surface area contributed by atoms with Gasteiger partial charge in [-0.05, 0) is 121 Å². The number of aromatic nitrogens is 12. The number of hydrogen-bond donors (Lipinski definition) is 19. The number of unbranched alkanes of at least 4 members (excludes halogenated alkanes) is 4. The number of nitrogen functional groups attached to an aromatic ring is 4. The van der Waals surface area contributed by atoms with Gasteiger partial charge in [-0.1, -0.05) is 126 Å². The number of rotatable bonds is 30. The van der Waals surface area contributed by atoms with Gasteiger partial charge in [-0.2, -0.15) is 0 Å². The molecule has 0 unspecified atom stereocenters. The molecule has 0 bridgehead atoms. The summed E-state index contributed by atoms with van der Waals surface area (Å²) in [5, 5.41) is 55.0. The Hall–Kier alpha value is -12.8. The van der Waals surface area contributed by atoms with Gasteiger partial charge in [0.2, 0.25) is 0 Å². The quantitative estimate of drug-likeness (QED) is 0.0147. The molecule has 8 heterocycles. The van der Waals surface area contributed by atoms with E-state index in [0.717, 1.165) is 152 Å². The second kappa shape index (κ2) is 39.6. The van der Waals surface area contributed by atoms with Crippen molar-refractivity contribution in [1.29, 1.82) is 0 Å². The van der Waals surface area contributed by atoms with Crippen LogP contribution in [0.4, 0.5) is 23.3 Å². The van der Waals surface area contributed by atoms with Crippen molar-refractivity contribution >= 4 is 134 Å². The Morgan fingerprint density at radius 3 is 1.00 bits per heavy atom. The van der Waals surface area contributed by atoms with Gasteiger partial charge in [0.25, 0.3) is 0 Å². The first-order valence-electron chi connectivity index (χ1n) is 41.4. The van der Waals surface area contributed by atoms with E-state index >= 15 is 0 Å². The van der Waals surface area contributed by atoms with Crippen molar-refractivity contribution in [2.45, 2.75) is 157 Å². The Morgan fingerprint density at radius 2 is 0.656 bits per heavy atom. The van der Waals surface area contributed by atoms with E-state index < -0.39 is 23.5 Å². The number of phenolic OH excluding ortho intramolecular Hbond substituents is 5. The molecule has 16 rings (SSSR count). The number of aryl methyl sites for hydroxylation is 4. The highest BCUT2D eigenvalue weighted by molar-refractivity contribution is 7.47. The highest BCUT2D eigenvalue weighted by Gasteiger charge is 2.29. The summed E-state index contributed by atoms with van der Waals surface area (Å²) in [7, 11) is -14.5. The minimum atomic E-state index is -4.89. The molecule has 37 nitrogen and oxygen atoms in total. The van der Waals surface area contributed by atoms with Gasteiger partial charge in [0.1, 0.15) is 68.4 Å². The summed E-state index contributed by atoms with van der Waals surface area (Å²) in [6, 6.07) is 40.8. The van der Waals surface area contributed by atoms with Gasteiger partial charge in [-0.15, -0.1) is 0 Å². The second-order valence-electron chi connectivity index (χ2n) is 30.7. The molecule has 8 aromatic heterocycles. The molecule has 0 fully saturated rings. The van der Waals surface area contributed by atoms with Crippen molar-refractivity contribution in [2.75, 3.05) is 22.9 Å². The molecule has 0 atom stereocenters. The lowest BCUT2D eigenvalue weighted by Gasteiger charge is -2.16. The standard InChI is InChI=1S/3C22H26N5O5P.C22H25N5O2/c1-2-3-7-18-26-19-20(15-9-8-13(11-23)10-16(15)25-22(19)24)27(18)12-14-5-4-6-17(21(14)28)32-33(29,30)31;1-2-3-7-18-26-19-20(15-9-8-13(11-23)10-16(15)25-22(19)24)27(18)12-14-5-4-6-17(28)21(14)32-33(29,30)31;1-2-3-4-19-26-20-21(16-7-5-13(11-23)9-17(16)25-22(20)24)27(19)12-14-10-15(6-8-18(14)28)32-33(29,30)31;1-2-3-4-19-26-20-21(27(19)12-14-10-15(28)6-8-18(14)29)16-7-5-13(11-23)9-17(16)25-22(20)24/h2*4-6,8-10,28H,2-3,7,11-12,23H2,1H3,(H2,24,25)(H2,29,30,31);5-10,28H,2-4,11-12,23H2,1H3,(H2,24,25)(H2,29,30,31);5-10,28-29H,2-4,11-12,23H2,1H3,(H2,24,25). The molecule has 0 radical (unpaired) electrons. The maximum Gasteiger partial charge on any atom is 0.524 e. The van der Waals surface area contributed by atoms with E-state index in [0.29, 0.717) is 130 Å². The van der Waals surface area contributed by atoms with Crippen LogP contribution < -0.4 is 59.4 Å². The maximum atomic E-state index is 11.5. The van der Waals surface area contributed by atoms with Crippen LogP contribution >= 0.6 is 23.5 Å². The van der Waals surface area contributed by atoms with Gasteiger partial charge >= 0.3 is 23.5 Å². The maximum absolute atomic E-state index is 11.5. The number of nitrogens with zero attached hydrogens (tertiary/aromatic N) is 12. The summed E-state index contributed by atoms with van der Waals surface area (Å²) >= 11 is 0. The number of imidazole rings is 4. The lowest BCUT2D eigenvalue weighted by Crippen LogP contribution is -2.08. The van der Waals surface area contributed by atoms with Crippen molar-refractivity contribution in [2.24, 2.45) is 22.9 Å². The van der Waals surface area contributed by atoms with Crippen LogP contribution in [0, 0.1) is 0 Å². The van der Waals surface area contributed by atoms with Gasteiger partial charge in [-0.3, -0.25) is 29.4 Å². The molecule has 0 aliphatic heterocycles. The molecule has 16 aromatic rings. The zero-order chi connectivity index (χ0) is 91.8. The van der Waals surface area contributed by atoms with E-state index in [9.17, 15) is 49.0 Å². The summed E-state index contributed by atoms with van der Waals surface area (Å²) in [4.78, 5) is 92.4. The minimum Gasteiger partial charge on any atom is -0.508 e. The van der Waals surface area contributed by atoms with Crippen molar-refractivity contribution in [1.82, 2.24) is 58.1 Å². The zero-order valence-corrected chi connectivity index (χ0v) is 73.4. The molecule has 672 valence electrons. The molecule has 0 spiro atoms. The monoisotopic (exact) mass is 1800 g/mol. The second-order valence-corrected chi connectivity index (χ2v) is 34.2. The highest BCUT2D eigenvalue weighted by Crippen LogP contribution is 2.47. The number of hydrogen-bond acceptors (Lipinski definition) is 27. The topological polar surface area (TPSA) is 632 Å². The number of phosphoric acid groups is 3. The summed E-state index contributed by atoms with van der Waals surface area (Å²) in [6.45, 7) is 10.8. The summed E-state index contributed by atoms with van der Waals surface area (Å²) in [5.74, 6) is 3.31. The van der Waals surface area contributed by atoms with Gasteiger partial charge in [0.15, 0.2) is 46.3 Å². The normalized spacial score (nSPS) is 11.9. The smallest absolute Gasteiger partial charge is 0.508 e. The Balaban J connectivity index is 0.000000146. The third-order valence-electron chi connectivity index (χ3n) is 21.6. The summed E-state index contributed by atoms with van der Waals surface area (Å²) in [5.41, 5.74) is 62.1. The minimum absolute atomic E-state index is 0.0342. The van der Waals surface area contributed by atoms with Crippen molar-refractivity contribution in [3.63, 3.8) is 0 Å². The van der Waals surface area contributed by atoms with Crippen molar-refractivity contribution in [3.05, 3.63) is 213 Å². The first-order valence-corrected chi connectivity index (χ1v) is 46.0. The molecule has 128 heavy (non-hydrogen) atoms. The fourth-order valence-electron chi connectivity index (χ4n) is 15.4. The molecule has 0 saturated carbocycles. The Kier molecular flexibility index (Phi) is 28.7.